The SMILES string of the molecule is COCCNCCC(C)CCc1cc(F)ccc1F. The highest BCUT2D eigenvalue weighted by Crippen LogP contribution is 2.16. The molecule has 0 bridgehead atoms. The number of ether oxygens (including phenoxy) is 1. The van der Waals surface area contributed by atoms with Gasteiger partial charge < -0.3 is 10.1 Å². The van der Waals surface area contributed by atoms with Gasteiger partial charge in [0.1, 0.15) is 11.6 Å². The van der Waals surface area contributed by atoms with Crippen LogP contribution in [0.3, 0.4) is 0 Å². The molecule has 0 radical (unpaired) electrons. The average molecular weight is 271 g/mol. The summed E-state index contributed by atoms with van der Waals surface area (Å²) in [6, 6.07) is 3.64. The summed E-state index contributed by atoms with van der Waals surface area (Å²) in [5.41, 5.74) is 0.471. The van der Waals surface area contributed by atoms with E-state index in [4.69, 9.17) is 4.74 Å². The van der Waals surface area contributed by atoms with E-state index in [9.17, 15) is 8.78 Å². The largest absolute Gasteiger partial charge is 0.383 e. The van der Waals surface area contributed by atoms with Crippen molar-refractivity contribution in [1.29, 1.82) is 0 Å². The van der Waals surface area contributed by atoms with Crippen LogP contribution in [0.1, 0.15) is 25.3 Å². The molecule has 4 heteroatoms. The Bertz CT molecular complexity index is 371. The molecular weight excluding hydrogens is 248 g/mol. The maximum Gasteiger partial charge on any atom is 0.126 e. The normalized spacial score (nSPS) is 12.6. The molecule has 0 aliphatic carbocycles. The Balaban J connectivity index is 2.22. The van der Waals surface area contributed by atoms with Gasteiger partial charge in [0, 0.05) is 13.7 Å². The van der Waals surface area contributed by atoms with Crippen molar-refractivity contribution in [2.75, 3.05) is 26.8 Å². The molecule has 19 heavy (non-hydrogen) atoms. The molecule has 1 N–H and O–H groups in total. The summed E-state index contributed by atoms with van der Waals surface area (Å²) in [6.45, 7) is 4.62. The molecule has 1 atom stereocenters. The minimum Gasteiger partial charge on any atom is -0.383 e. The Morgan fingerprint density at radius 2 is 2.00 bits per heavy atom. The molecule has 0 saturated heterocycles. The number of benzene rings is 1. The minimum absolute atomic E-state index is 0.313. The third-order valence-corrected chi connectivity index (χ3v) is 3.21. The monoisotopic (exact) mass is 271 g/mol. The maximum atomic E-state index is 13.4. The van der Waals surface area contributed by atoms with Gasteiger partial charge in [0.05, 0.1) is 6.61 Å². The van der Waals surface area contributed by atoms with Gasteiger partial charge in [-0.1, -0.05) is 6.92 Å². The summed E-state index contributed by atoms with van der Waals surface area (Å²) in [7, 11) is 1.68. The molecule has 1 rings (SSSR count). The van der Waals surface area contributed by atoms with Crippen LogP contribution in [0.2, 0.25) is 0 Å². The highest BCUT2D eigenvalue weighted by Gasteiger charge is 2.07. The van der Waals surface area contributed by atoms with E-state index in [1.54, 1.807) is 7.11 Å². The number of hydrogen-bond acceptors (Lipinski definition) is 2. The Hall–Kier alpha value is -1.00. The van der Waals surface area contributed by atoms with E-state index >= 15 is 0 Å². The first kappa shape index (κ1) is 16.1. The second kappa shape index (κ2) is 8.99. The van der Waals surface area contributed by atoms with Crippen molar-refractivity contribution < 1.29 is 13.5 Å². The van der Waals surface area contributed by atoms with E-state index in [0.717, 1.165) is 32.0 Å². The predicted octanol–water partition coefficient (Wildman–Crippen LogP) is 3.16. The average Bonchev–Trinajstić information content (AvgIpc) is 2.39. The van der Waals surface area contributed by atoms with Crippen molar-refractivity contribution in [2.24, 2.45) is 5.92 Å². The van der Waals surface area contributed by atoms with Crippen molar-refractivity contribution in [1.82, 2.24) is 5.32 Å². The highest BCUT2D eigenvalue weighted by molar-refractivity contribution is 5.18. The van der Waals surface area contributed by atoms with Gasteiger partial charge in [-0.05, 0) is 55.5 Å². The topological polar surface area (TPSA) is 21.3 Å². The fraction of sp³-hybridized carbons (Fsp3) is 0.600. The van der Waals surface area contributed by atoms with E-state index in [1.807, 2.05) is 0 Å². The molecule has 0 heterocycles. The summed E-state index contributed by atoms with van der Waals surface area (Å²) in [4.78, 5) is 0. The molecule has 0 aromatic heterocycles. The van der Waals surface area contributed by atoms with Gasteiger partial charge in [0.25, 0.3) is 0 Å². The molecule has 1 aromatic carbocycles. The van der Waals surface area contributed by atoms with Crippen molar-refractivity contribution in [3.8, 4) is 0 Å². The smallest absolute Gasteiger partial charge is 0.126 e. The van der Waals surface area contributed by atoms with Gasteiger partial charge in [0.2, 0.25) is 0 Å². The lowest BCUT2D eigenvalue weighted by molar-refractivity contribution is 0.199. The Labute approximate surface area is 114 Å². The van der Waals surface area contributed by atoms with E-state index in [-0.39, 0.29) is 11.6 Å². The summed E-state index contributed by atoms with van der Waals surface area (Å²) in [6.07, 6.45) is 2.48. The van der Waals surface area contributed by atoms with Gasteiger partial charge in [-0.25, -0.2) is 8.78 Å². The molecule has 0 fully saturated rings. The molecule has 108 valence electrons. The number of methoxy groups -OCH3 is 1. The quantitative estimate of drug-likeness (QED) is 0.697. The van der Waals surface area contributed by atoms with Gasteiger partial charge in [-0.15, -0.1) is 0 Å². The minimum atomic E-state index is -0.370. The fourth-order valence-electron chi connectivity index (χ4n) is 1.93. The molecule has 2 nitrogen and oxygen atoms in total. The van der Waals surface area contributed by atoms with Crippen molar-refractivity contribution in [3.05, 3.63) is 35.4 Å². The van der Waals surface area contributed by atoms with Gasteiger partial charge >= 0.3 is 0 Å². The van der Waals surface area contributed by atoms with E-state index < -0.39 is 0 Å². The van der Waals surface area contributed by atoms with Crippen LogP contribution in [0, 0.1) is 17.6 Å². The van der Waals surface area contributed by atoms with Crippen LogP contribution in [0.15, 0.2) is 18.2 Å². The van der Waals surface area contributed by atoms with Crippen molar-refractivity contribution >= 4 is 0 Å². The zero-order valence-corrected chi connectivity index (χ0v) is 11.7. The standard InChI is InChI=1S/C15H23F2NO/c1-12(7-8-18-9-10-19-2)3-4-13-11-14(16)5-6-15(13)17/h5-6,11-12,18H,3-4,7-10H2,1-2H3. The molecule has 0 aliphatic rings. The van der Waals surface area contributed by atoms with E-state index in [2.05, 4.69) is 12.2 Å². The van der Waals surface area contributed by atoms with Crippen LogP contribution >= 0.6 is 0 Å². The maximum absolute atomic E-state index is 13.4. The summed E-state index contributed by atoms with van der Waals surface area (Å²) < 4.78 is 31.4. The van der Waals surface area contributed by atoms with Crippen molar-refractivity contribution in [3.63, 3.8) is 0 Å². The van der Waals surface area contributed by atoms with Gasteiger partial charge in [-0.3, -0.25) is 0 Å². The Kier molecular flexibility index (Phi) is 7.60. The van der Waals surface area contributed by atoms with Gasteiger partial charge in [-0.2, -0.15) is 0 Å². The molecule has 1 unspecified atom stereocenters. The second-order valence-corrected chi connectivity index (χ2v) is 4.91. The summed E-state index contributed by atoms with van der Waals surface area (Å²) >= 11 is 0. The van der Waals surface area contributed by atoms with Crippen LogP contribution in [0.5, 0.6) is 0 Å². The number of rotatable bonds is 9. The molecular formula is C15H23F2NO. The molecule has 0 spiro atoms. The zero-order valence-electron chi connectivity index (χ0n) is 11.7. The Morgan fingerprint density at radius 3 is 2.74 bits per heavy atom. The van der Waals surface area contributed by atoms with Crippen LogP contribution in [-0.4, -0.2) is 26.8 Å². The molecule has 0 aliphatic heterocycles. The molecule has 0 amide bonds. The summed E-state index contributed by atoms with van der Waals surface area (Å²) in [5, 5.41) is 3.28. The highest BCUT2D eigenvalue weighted by atomic mass is 19.1. The lowest BCUT2D eigenvalue weighted by Gasteiger charge is -2.12. The fourth-order valence-corrected chi connectivity index (χ4v) is 1.93. The summed E-state index contributed by atoms with van der Waals surface area (Å²) in [5.74, 6) is -0.199. The van der Waals surface area contributed by atoms with Crippen LogP contribution in [0.4, 0.5) is 8.78 Å². The number of aryl methyl sites for hydroxylation is 1. The number of halogens is 2. The third-order valence-electron chi connectivity index (χ3n) is 3.21. The number of hydrogen-bond donors (Lipinski definition) is 1. The third kappa shape index (κ3) is 6.64. The number of nitrogens with one attached hydrogen (secondary N) is 1. The first-order valence-corrected chi connectivity index (χ1v) is 6.77. The van der Waals surface area contributed by atoms with Crippen LogP contribution in [-0.2, 0) is 11.2 Å². The first-order valence-electron chi connectivity index (χ1n) is 6.77. The Morgan fingerprint density at radius 1 is 1.21 bits per heavy atom. The van der Waals surface area contributed by atoms with Crippen molar-refractivity contribution in [2.45, 2.75) is 26.2 Å². The van der Waals surface area contributed by atoms with E-state index in [1.165, 1.54) is 12.1 Å². The zero-order chi connectivity index (χ0) is 14.1. The molecule has 0 saturated carbocycles. The van der Waals surface area contributed by atoms with Gasteiger partial charge in [0.15, 0.2) is 0 Å². The molecule has 1 aromatic rings. The predicted molar refractivity (Wildman–Crippen MR) is 73.2 cm³/mol. The van der Waals surface area contributed by atoms with Crippen LogP contribution < -0.4 is 5.32 Å². The lowest BCUT2D eigenvalue weighted by atomic mass is 9.98. The lowest BCUT2D eigenvalue weighted by Crippen LogP contribution is -2.21. The first-order chi connectivity index (χ1) is 9.13. The second-order valence-electron chi connectivity index (χ2n) is 4.91. The van der Waals surface area contributed by atoms with Crippen LogP contribution in [0.25, 0.3) is 0 Å². The van der Waals surface area contributed by atoms with E-state index in [0.29, 0.717) is 24.5 Å².